The number of carbonyl (C=O) groups excluding carboxylic acids is 1. The van der Waals surface area contributed by atoms with Gasteiger partial charge in [-0.15, -0.1) is 0 Å². The predicted molar refractivity (Wildman–Crippen MR) is 108 cm³/mol. The molecule has 0 aliphatic carbocycles. The van der Waals surface area contributed by atoms with Crippen molar-refractivity contribution >= 4 is 46.2 Å². The van der Waals surface area contributed by atoms with Crippen molar-refractivity contribution < 1.29 is 23.4 Å². The normalized spacial score (nSPS) is 16.4. The highest BCUT2D eigenvalue weighted by molar-refractivity contribution is 8.18. The molecule has 1 fully saturated rings. The molecule has 9 heteroatoms. The molecule has 28 heavy (non-hydrogen) atoms. The van der Waals surface area contributed by atoms with Crippen LogP contribution in [0, 0.1) is 5.82 Å². The van der Waals surface area contributed by atoms with E-state index in [9.17, 15) is 9.18 Å². The zero-order valence-electron chi connectivity index (χ0n) is 15.2. The lowest BCUT2D eigenvalue weighted by Crippen LogP contribution is -2.19. The van der Waals surface area contributed by atoms with E-state index in [0.717, 1.165) is 11.8 Å². The zero-order chi connectivity index (χ0) is 20.3. The monoisotopic (exact) mass is 422 g/mol. The average Bonchev–Trinajstić information content (AvgIpc) is 3.02. The van der Waals surface area contributed by atoms with Crippen LogP contribution in [0.1, 0.15) is 5.56 Å². The second kappa shape index (κ2) is 8.53. The first-order valence-corrected chi connectivity index (χ1v) is 9.19. The van der Waals surface area contributed by atoms with Crippen LogP contribution in [-0.2, 0) is 4.79 Å². The molecule has 1 aliphatic rings. The van der Waals surface area contributed by atoms with E-state index < -0.39 is 5.82 Å². The Morgan fingerprint density at radius 1 is 1.11 bits per heavy atom. The summed E-state index contributed by atoms with van der Waals surface area (Å²) in [5.41, 5.74) is 1.13. The number of amidine groups is 1. The van der Waals surface area contributed by atoms with Crippen LogP contribution in [0.2, 0.25) is 5.02 Å². The number of methoxy groups -OCH3 is 3. The third-order valence-electron chi connectivity index (χ3n) is 3.77. The second-order valence-electron chi connectivity index (χ2n) is 5.54. The fourth-order valence-corrected chi connectivity index (χ4v) is 3.51. The quantitative estimate of drug-likeness (QED) is 0.723. The van der Waals surface area contributed by atoms with E-state index in [2.05, 4.69) is 10.3 Å². The summed E-state index contributed by atoms with van der Waals surface area (Å²) in [6, 6.07) is 7.54. The summed E-state index contributed by atoms with van der Waals surface area (Å²) in [5, 5.41) is 3.00. The summed E-state index contributed by atoms with van der Waals surface area (Å²) in [4.78, 5) is 17.0. The van der Waals surface area contributed by atoms with E-state index >= 15 is 0 Å². The smallest absolute Gasteiger partial charge is 0.264 e. The molecule has 2 aromatic rings. The zero-order valence-corrected chi connectivity index (χ0v) is 16.8. The first-order chi connectivity index (χ1) is 13.4. The maximum Gasteiger partial charge on any atom is 0.264 e. The maximum atomic E-state index is 13.3. The van der Waals surface area contributed by atoms with Crippen molar-refractivity contribution in [2.24, 2.45) is 4.99 Å². The van der Waals surface area contributed by atoms with Gasteiger partial charge in [-0.05, 0) is 53.7 Å². The van der Waals surface area contributed by atoms with Gasteiger partial charge >= 0.3 is 0 Å². The minimum atomic E-state index is -0.531. The van der Waals surface area contributed by atoms with Gasteiger partial charge in [0.05, 0.1) is 36.9 Å². The van der Waals surface area contributed by atoms with Crippen molar-refractivity contribution in [2.75, 3.05) is 21.3 Å². The Morgan fingerprint density at radius 2 is 1.79 bits per heavy atom. The molecule has 3 rings (SSSR count). The maximum absolute atomic E-state index is 13.3. The molecule has 0 atom stereocenters. The fraction of sp³-hybridized carbons (Fsp3) is 0.158. The van der Waals surface area contributed by atoms with Gasteiger partial charge in [0.2, 0.25) is 5.75 Å². The molecule has 0 spiro atoms. The molecule has 0 radical (unpaired) electrons. The van der Waals surface area contributed by atoms with Crippen LogP contribution in [0.3, 0.4) is 0 Å². The van der Waals surface area contributed by atoms with E-state index in [1.165, 1.54) is 39.5 Å². The highest BCUT2D eigenvalue weighted by Crippen LogP contribution is 2.39. The molecular weight excluding hydrogens is 407 g/mol. The first-order valence-electron chi connectivity index (χ1n) is 7.99. The van der Waals surface area contributed by atoms with E-state index in [4.69, 9.17) is 25.8 Å². The Morgan fingerprint density at radius 3 is 2.36 bits per heavy atom. The van der Waals surface area contributed by atoms with Crippen LogP contribution in [0.15, 0.2) is 40.2 Å². The van der Waals surface area contributed by atoms with Gasteiger partial charge in [0, 0.05) is 0 Å². The number of rotatable bonds is 5. The van der Waals surface area contributed by atoms with Gasteiger partial charge in [0.1, 0.15) is 5.82 Å². The van der Waals surface area contributed by atoms with Crippen molar-refractivity contribution in [3.8, 4) is 17.2 Å². The molecule has 0 bridgehead atoms. The number of thioether (sulfide) groups is 1. The van der Waals surface area contributed by atoms with Crippen LogP contribution in [0.5, 0.6) is 17.2 Å². The van der Waals surface area contributed by atoms with E-state index in [1.807, 2.05) is 0 Å². The summed E-state index contributed by atoms with van der Waals surface area (Å²) in [6.07, 6.45) is 1.69. The van der Waals surface area contributed by atoms with Gasteiger partial charge in [-0.3, -0.25) is 4.79 Å². The predicted octanol–water partition coefficient (Wildman–Crippen LogP) is 4.40. The van der Waals surface area contributed by atoms with Crippen molar-refractivity contribution in [1.82, 2.24) is 5.32 Å². The lowest BCUT2D eigenvalue weighted by atomic mass is 10.1. The van der Waals surface area contributed by atoms with Crippen molar-refractivity contribution in [3.63, 3.8) is 0 Å². The number of amides is 1. The minimum absolute atomic E-state index is 0.0376. The van der Waals surface area contributed by atoms with Crippen LogP contribution in [-0.4, -0.2) is 32.4 Å². The molecule has 1 saturated heterocycles. The molecule has 2 aromatic carbocycles. The van der Waals surface area contributed by atoms with Crippen LogP contribution in [0.4, 0.5) is 10.1 Å². The third-order valence-corrected chi connectivity index (χ3v) is 4.97. The molecule has 0 aromatic heterocycles. The number of aliphatic imine (C=N–C) groups is 1. The van der Waals surface area contributed by atoms with Gasteiger partial charge in [-0.1, -0.05) is 11.6 Å². The van der Waals surface area contributed by atoms with E-state index in [-0.39, 0.29) is 10.9 Å². The first kappa shape index (κ1) is 20.0. The van der Waals surface area contributed by atoms with Gasteiger partial charge in [-0.2, -0.15) is 0 Å². The number of carbonyl (C=O) groups is 1. The summed E-state index contributed by atoms with van der Waals surface area (Å²) in [7, 11) is 4.55. The largest absolute Gasteiger partial charge is 0.493 e. The van der Waals surface area contributed by atoms with Gasteiger partial charge in [-0.25, -0.2) is 9.38 Å². The lowest BCUT2D eigenvalue weighted by molar-refractivity contribution is -0.115. The Hall–Kier alpha value is -2.71. The van der Waals surface area contributed by atoms with Gasteiger partial charge in [0.15, 0.2) is 16.7 Å². The number of halogens is 2. The molecular formula is C19H16ClFN2O4S. The SMILES string of the molecule is COc1cc(C=C2SC(=Nc3ccc(F)c(Cl)c3)NC2=O)cc(OC)c1OC. The number of nitrogens with one attached hydrogen (secondary N) is 1. The van der Waals surface area contributed by atoms with Crippen molar-refractivity contribution in [2.45, 2.75) is 0 Å². The molecule has 1 amide bonds. The number of hydrogen-bond acceptors (Lipinski definition) is 6. The summed E-state index contributed by atoms with van der Waals surface area (Å²) >= 11 is 6.92. The Balaban J connectivity index is 1.90. The minimum Gasteiger partial charge on any atom is -0.493 e. The molecule has 6 nitrogen and oxygen atoms in total. The van der Waals surface area contributed by atoms with Gasteiger partial charge < -0.3 is 19.5 Å². The standard InChI is InChI=1S/C19H16ClFN2O4S/c1-25-14-6-10(7-15(26-2)17(14)27-3)8-16-18(24)23-19(28-16)22-11-4-5-13(21)12(20)9-11/h4-9H,1-3H3,(H,22,23,24). The Labute approximate surface area is 170 Å². The number of benzene rings is 2. The van der Waals surface area contributed by atoms with Crippen LogP contribution < -0.4 is 19.5 Å². The second-order valence-corrected chi connectivity index (χ2v) is 6.98. The van der Waals surface area contributed by atoms with Crippen molar-refractivity contribution in [3.05, 3.63) is 51.6 Å². The van der Waals surface area contributed by atoms with Gasteiger partial charge in [0.25, 0.3) is 5.91 Å². The molecule has 1 N–H and O–H groups in total. The number of ether oxygens (including phenoxy) is 3. The summed E-state index contributed by atoms with van der Waals surface area (Å²) in [5.74, 6) is 0.590. The van der Waals surface area contributed by atoms with Crippen molar-refractivity contribution in [1.29, 1.82) is 0 Å². The summed E-state index contributed by atoms with van der Waals surface area (Å²) in [6.45, 7) is 0. The summed E-state index contributed by atoms with van der Waals surface area (Å²) < 4.78 is 29.2. The number of hydrogen-bond donors (Lipinski definition) is 1. The van der Waals surface area contributed by atoms with E-state index in [1.54, 1.807) is 18.2 Å². The third kappa shape index (κ3) is 4.23. The number of nitrogens with zero attached hydrogens (tertiary/aromatic N) is 1. The highest BCUT2D eigenvalue weighted by Gasteiger charge is 2.24. The molecule has 0 saturated carbocycles. The fourth-order valence-electron chi connectivity index (χ4n) is 2.49. The molecule has 1 aliphatic heterocycles. The molecule has 0 unspecified atom stereocenters. The molecule has 146 valence electrons. The van der Waals surface area contributed by atoms with Crippen LogP contribution >= 0.6 is 23.4 Å². The Kier molecular flexibility index (Phi) is 6.11. The van der Waals surface area contributed by atoms with Crippen LogP contribution in [0.25, 0.3) is 6.08 Å². The topological polar surface area (TPSA) is 69.2 Å². The van der Waals surface area contributed by atoms with E-state index in [0.29, 0.717) is 38.6 Å². The molecule has 1 heterocycles. The highest BCUT2D eigenvalue weighted by atomic mass is 35.5. The average molecular weight is 423 g/mol. The lowest BCUT2D eigenvalue weighted by Gasteiger charge is -2.12. The Bertz CT molecular complexity index is 969.